The number of ether oxygens (including phenoxy) is 1. The second-order valence-corrected chi connectivity index (χ2v) is 7.53. The summed E-state index contributed by atoms with van der Waals surface area (Å²) < 4.78 is 11.8. The molecule has 0 N–H and O–H groups in total. The molecule has 4 rings (SSSR count). The van der Waals surface area contributed by atoms with E-state index in [-0.39, 0.29) is 6.10 Å². The molecule has 1 atom stereocenters. The first kappa shape index (κ1) is 19.1. The van der Waals surface area contributed by atoms with Crippen molar-refractivity contribution in [2.45, 2.75) is 39.0 Å². The second-order valence-electron chi connectivity index (χ2n) is 7.13. The molecule has 0 spiro atoms. The molecule has 2 aromatic heterocycles. The van der Waals surface area contributed by atoms with Gasteiger partial charge in [0.15, 0.2) is 0 Å². The van der Waals surface area contributed by atoms with Crippen LogP contribution in [0.2, 0.25) is 5.02 Å². The van der Waals surface area contributed by atoms with Crippen molar-refractivity contribution in [3.05, 3.63) is 70.8 Å². The van der Waals surface area contributed by atoms with Crippen LogP contribution < -0.4 is 0 Å². The third-order valence-electron chi connectivity index (χ3n) is 4.97. The second kappa shape index (κ2) is 8.86. The quantitative estimate of drug-likeness (QED) is 0.568. The van der Waals surface area contributed by atoms with Gasteiger partial charge in [0.1, 0.15) is 5.76 Å². The maximum absolute atomic E-state index is 6.31. The topological polar surface area (TPSA) is 51.4 Å². The predicted molar refractivity (Wildman–Crippen MR) is 109 cm³/mol. The minimum atomic E-state index is 0.263. The maximum atomic E-state index is 6.31. The number of hydrogen-bond acceptors (Lipinski definition) is 5. The number of rotatable bonds is 7. The van der Waals surface area contributed by atoms with Gasteiger partial charge >= 0.3 is 0 Å². The van der Waals surface area contributed by atoms with E-state index in [4.69, 9.17) is 25.7 Å². The van der Waals surface area contributed by atoms with Gasteiger partial charge in [-0.25, -0.2) is 4.98 Å². The lowest BCUT2D eigenvalue weighted by molar-refractivity contribution is 0.0669. The number of benzene rings is 1. The molecule has 0 radical (unpaired) electrons. The fraction of sp³-hybridized carbons (Fsp3) is 0.364. The highest BCUT2D eigenvalue weighted by Crippen LogP contribution is 2.29. The van der Waals surface area contributed by atoms with Gasteiger partial charge in [0.05, 0.1) is 28.1 Å². The normalized spacial score (nSPS) is 16.8. The molecule has 0 amide bonds. The molecule has 3 aromatic rings. The molecule has 6 heteroatoms. The minimum absolute atomic E-state index is 0.263. The SMILES string of the molecule is Cc1oc(-c2ccccc2Cl)nc1CN(Cc1ccccn1)C[C@H]1CCCO1. The Bertz CT molecular complexity index is 907. The molecule has 3 heterocycles. The molecule has 0 bridgehead atoms. The summed E-state index contributed by atoms with van der Waals surface area (Å²) in [7, 11) is 0. The highest BCUT2D eigenvalue weighted by atomic mass is 35.5. The number of aryl methyl sites for hydroxylation is 1. The van der Waals surface area contributed by atoms with Crippen LogP contribution in [0.15, 0.2) is 53.1 Å². The Labute approximate surface area is 170 Å². The molecule has 146 valence electrons. The number of oxazole rings is 1. The summed E-state index contributed by atoms with van der Waals surface area (Å²) in [6.07, 6.45) is 4.32. The monoisotopic (exact) mass is 397 g/mol. The number of pyridine rings is 1. The van der Waals surface area contributed by atoms with Crippen LogP contribution in [0, 0.1) is 6.92 Å². The van der Waals surface area contributed by atoms with Gasteiger partial charge in [-0.1, -0.05) is 29.8 Å². The predicted octanol–water partition coefficient (Wildman–Crippen LogP) is 4.88. The summed E-state index contributed by atoms with van der Waals surface area (Å²) in [5.41, 5.74) is 2.77. The van der Waals surface area contributed by atoms with Gasteiger partial charge in [0.2, 0.25) is 5.89 Å². The van der Waals surface area contributed by atoms with Crippen LogP contribution in [0.3, 0.4) is 0 Å². The zero-order valence-corrected chi connectivity index (χ0v) is 16.7. The van der Waals surface area contributed by atoms with Crippen LogP contribution in [0.5, 0.6) is 0 Å². The fourth-order valence-corrected chi connectivity index (χ4v) is 3.74. The van der Waals surface area contributed by atoms with E-state index in [0.717, 1.165) is 55.2 Å². The largest absolute Gasteiger partial charge is 0.441 e. The Morgan fingerprint density at radius 3 is 2.75 bits per heavy atom. The van der Waals surface area contributed by atoms with Crippen LogP contribution in [0.4, 0.5) is 0 Å². The molecule has 0 aliphatic carbocycles. The summed E-state index contributed by atoms with van der Waals surface area (Å²) in [4.78, 5) is 11.6. The van der Waals surface area contributed by atoms with E-state index in [1.165, 1.54) is 0 Å². The van der Waals surface area contributed by atoms with Crippen molar-refractivity contribution >= 4 is 11.6 Å². The van der Waals surface area contributed by atoms with E-state index in [1.807, 2.05) is 55.6 Å². The van der Waals surface area contributed by atoms with E-state index in [1.54, 1.807) is 0 Å². The zero-order chi connectivity index (χ0) is 19.3. The lowest BCUT2D eigenvalue weighted by atomic mass is 10.2. The average Bonchev–Trinajstić information content (AvgIpc) is 3.33. The highest BCUT2D eigenvalue weighted by molar-refractivity contribution is 6.33. The Kier molecular flexibility index (Phi) is 6.05. The number of aromatic nitrogens is 2. The first-order valence-corrected chi connectivity index (χ1v) is 10.0. The van der Waals surface area contributed by atoms with E-state index in [2.05, 4.69) is 9.88 Å². The molecule has 1 aliphatic rings. The van der Waals surface area contributed by atoms with Gasteiger partial charge in [-0.05, 0) is 44.0 Å². The summed E-state index contributed by atoms with van der Waals surface area (Å²) in [6.45, 7) is 5.07. The molecular weight excluding hydrogens is 374 g/mol. The summed E-state index contributed by atoms with van der Waals surface area (Å²) in [6, 6.07) is 13.6. The van der Waals surface area contributed by atoms with Crippen molar-refractivity contribution < 1.29 is 9.15 Å². The van der Waals surface area contributed by atoms with Gasteiger partial charge in [-0.3, -0.25) is 9.88 Å². The third kappa shape index (κ3) is 4.61. The fourth-order valence-electron chi connectivity index (χ4n) is 3.52. The maximum Gasteiger partial charge on any atom is 0.228 e. The van der Waals surface area contributed by atoms with Crippen molar-refractivity contribution in [3.63, 3.8) is 0 Å². The lowest BCUT2D eigenvalue weighted by Gasteiger charge is -2.24. The molecule has 0 saturated carbocycles. The van der Waals surface area contributed by atoms with E-state index in [0.29, 0.717) is 17.5 Å². The Hall–Kier alpha value is -2.21. The molecule has 1 saturated heterocycles. The van der Waals surface area contributed by atoms with E-state index >= 15 is 0 Å². The van der Waals surface area contributed by atoms with Gasteiger partial charge in [-0.15, -0.1) is 0 Å². The Morgan fingerprint density at radius 2 is 2.00 bits per heavy atom. The lowest BCUT2D eigenvalue weighted by Crippen LogP contribution is -2.32. The smallest absolute Gasteiger partial charge is 0.228 e. The zero-order valence-electron chi connectivity index (χ0n) is 16.0. The standard InChI is InChI=1S/C22H24ClN3O2/c1-16-21(25-22(28-16)19-9-2-3-10-20(19)23)15-26(14-18-8-6-12-27-18)13-17-7-4-5-11-24-17/h2-5,7,9-11,18H,6,8,12-15H2,1H3/t18-/m1/s1. The summed E-state index contributed by atoms with van der Waals surface area (Å²) in [5.74, 6) is 1.38. The van der Waals surface area contributed by atoms with E-state index in [9.17, 15) is 0 Å². The Balaban J connectivity index is 1.54. The van der Waals surface area contributed by atoms with Gasteiger partial charge in [0.25, 0.3) is 0 Å². The molecule has 1 aromatic carbocycles. The van der Waals surface area contributed by atoms with Crippen LogP contribution in [0.25, 0.3) is 11.5 Å². The third-order valence-corrected chi connectivity index (χ3v) is 5.30. The first-order valence-electron chi connectivity index (χ1n) is 9.64. The molecule has 1 aliphatic heterocycles. The minimum Gasteiger partial charge on any atom is -0.441 e. The van der Waals surface area contributed by atoms with E-state index < -0.39 is 0 Å². The molecular formula is C22H24ClN3O2. The van der Waals surface area contributed by atoms with Crippen molar-refractivity contribution in [2.75, 3.05) is 13.2 Å². The molecule has 5 nitrogen and oxygen atoms in total. The van der Waals surface area contributed by atoms with Gasteiger partial charge in [-0.2, -0.15) is 0 Å². The number of nitrogens with zero attached hydrogens (tertiary/aromatic N) is 3. The van der Waals surface area contributed by atoms with Crippen molar-refractivity contribution in [2.24, 2.45) is 0 Å². The van der Waals surface area contributed by atoms with Crippen LogP contribution in [-0.4, -0.2) is 34.1 Å². The Morgan fingerprint density at radius 1 is 1.14 bits per heavy atom. The molecule has 0 unspecified atom stereocenters. The number of hydrogen-bond donors (Lipinski definition) is 0. The summed E-state index contributed by atoms with van der Waals surface area (Å²) in [5, 5.41) is 0.639. The summed E-state index contributed by atoms with van der Waals surface area (Å²) >= 11 is 6.31. The highest BCUT2D eigenvalue weighted by Gasteiger charge is 2.22. The molecule has 1 fully saturated rings. The van der Waals surface area contributed by atoms with Gasteiger partial charge < -0.3 is 9.15 Å². The number of halogens is 1. The molecule has 28 heavy (non-hydrogen) atoms. The van der Waals surface area contributed by atoms with Crippen LogP contribution in [0.1, 0.15) is 30.0 Å². The average molecular weight is 398 g/mol. The van der Waals surface area contributed by atoms with Gasteiger partial charge in [0, 0.05) is 32.4 Å². The van der Waals surface area contributed by atoms with Crippen molar-refractivity contribution in [1.29, 1.82) is 0 Å². The van der Waals surface area contributed by atoms with Crippen LogP contribution >= 0.6 is 11.6 Å². The van der Waals surface area contributed by atoms with Crippen LogP contribution in [-0.2, 0) is 17.8 Å². The van der Waals surface area contributed by atoms with Crippen molar-refractivity contribution in [1.82, 2.24) is 14.9 Å². The van der Waals surface area contributed by atoms with Crippen molar-refractivity contribution in [3.8, 4) is 11.5 Å². The first-order chi connectivity index (χ1) is 13.7.